The van der Waals surface area contributed by atoms with Crippen LogP contribution in [0.3, 0.4) is 0 Å². The van der Waals surface area contributed by atoms with Crippen molar-refractivity contribution in [3.63, 3.8) is 0 Å². The maximum atomic E-state index is 10.1. The molecule has 0 bridgehead atoms. The number of aryl methyl sites for hydroxylation is 2. The van der Waals surface area contributed by atoms with Gasteiger partial charge < -0.3 is 15.2 Å². The third kappa shape index (κ3) is 4.86. The van der Waals surface area contributed by atoms with Crippen LogP contribution >= 0.6 is 0 Å². The first-order valence-electron chi connectivity index (χ1n) is 7.72. The van der Waals surface area contributed by atoms with E-state index < -0.39 is 6.10 Å². The molecule has 2 aromatic carbocycles. The van der Waals surface area contributed by atoms with E-state index in [9.17, 15) is 5.11 Å². The Balaban J connectivity index is 1.78. The van der Waals surface area contributed by atoms with Crippen LogP contribution in [0.25, 0.3) is 0 Å². The third-order valence-electron chi connectivity index (χ3n) is 3.73. The second kappa shape index (κ2) is 7.97. The molecule has 0 aliphatic rings. The molecule has 0 saturated carbocycles. The van der Waals surface area contributed by atoms with Crippen LogP contribution in [0.4, 0.5) is 0 Å². The minimum absolute atomic E-state index is 0.205. The van der Waals surface area contributed by atoms with Gasteiger partial charge in [0.15, 0.2) is 0 Å². The highest BCUT2D eigenvalue weighted by atomic mass is 16.5. The lowest BCUT2D eigenvalue weighted by Crippen LogP contribution is -2.33. The largest absolute Gasteiger partial charge is 0.491 e. The number of hydrogen-bond donors (Lipinski definition) is 2. The first-order valence-corrected chi connectivity index (χ1v) is 7.72. The van der Waals surface area contributed by atoms with Crippen molar-refractivity contribution in [2.24, 2.45) is 0 Å². The van der Waals surface area contributed by atoms with Crippen molar-refractivity contribution in [2.45, 2.75) is 32.9 Å². The van der Waals surface area contributed by atoms with Crippen molar-refractivity contribution in [1.29, 1.82) is 0 Å². The van der Waals surface area contributed by atoms with E-state index in [1.807, 2.05) is 44.2 Å². The fourth-order valence-corrected chi connectivity index (χ4v) is 2.28. The summed E-state index contributed by atoms with van der Waals surface area (Å²) in [6.45, 7) is 6.93. The maximum absolute atomic E-state index is 10.1. The molecule has 0 aliphatic heterocycles. The summed E-state index contributed by atoms with van der Waals surface area (Å²) in [6, 6.07) is 16.5. The van der Waals surface area contributed by atoms with E-state index in [-0.39, 0.29) is 6.04 Å². The van der Waals surface area contributed by atoms with Crippen LogP contribution in [-0.2, 0) is 0 Å². The van der Waals surface area contributed by atoms with Gasteiger partial charge in [0.05, 0.1) is 0 Å². The molecular weight excluding hydrogens is 274 g/mol. The van der Waals surface area contributed by atoms with E-state index in [4.69, 9.17) is 4.74 Å². The van der Waals surface area contributed by atoms with Crippen LogP contribution in [0, 0.1) is 13.8 Å². The molecule has 0 unspecified atom stereocenters. The summed E-state index contributed by atoms with van der Waals surface area (Å²) in [4.78, 5) is 0. The van der Waals surface area contributed by atoms with Crippen LogP contribution < -0.4 is 10.1 Å². The molecule has 2 aromatic rings. The lowest BCUT2D eigenvalue weighted by atomic mass is 10.1. The molecule has 118 valence electrons. The molecule has 0 heterocycles. The van der Waals surface area contributed by atoms with Crippen LogP contribution in [-0.4, -0.2) is 24.4 Å². The number of benzene rings is 2. The monoisotopic (exact) mass is 299 g/mol. The van der Waals surface area contributed by atoms with Gasteiger partial charge in [0.1, 0.15) is 18.5 Å². The average Bonchev–Trinajstić information content (AvgIpc) is 2.54. The van der Waals surface area contributed by atoms with E-state index in [2.05, 4.69) is 30.4 Å². The van der Waals surface area contributed by atoms with Gasteiger partial charge in [-0.3, -0.25) is 0 Å². The third-order valence-corrected chi connectivity index (χ3v) is 3.73. The highest BCUT2D eigenvalue weighted by molar-refractivity contribution is 5.35. The molecular formula is C19H25NO2. The second-order valence-corrected chi connectivity index (χ2v) is 5.77. The van der Waals surface area contributed by atoms with Crippen LogP contribution in [0.1, 0.15) is 29.7 Å². The Kier molecular flexibility index (Phi) is 5.99. The second-order valence-electron chi connectivity index (χ2n) is 5.77. The molecule has 3 heteroatoms. The van der Waals surface area contributed by atoms with E-state index in [0.717, 1.165) is 16.9 Å². The van der Waals surface area contributed by atoms with E-state index in [1.54, 1.807) is 0 Å². The molecule has 0 spiro atoms. The smallest absolute Gasteiger partial charge is 0.122 e. The Morgan fingerprint density at radius 1 is 1.09 bits per heavy atom. The summed E-state index contributed by atoms with van der Waals surface area (Å²) in [5.74, 6) is 0.843. The van der Waals surface area contributed by atoms with Gasteiger partial charge >= 0.3 is 0 Å². The Labute approximate surface area is 133 Å². The summed E-state index contributed by atoms with van der Waals surface area (Å²) in [5.41, 5.74) is 3.46. The van der Waals surface area contributed by atoms with Crippen molar-refractivity contribution < 1.29 is 9.84 Å². The first kappa shape index (κ1) is 16.5. The molecule has 0 radical (unpaired) electrons. The standard InChI is InChI=1S/C19H25NO2/c1-14-9-10-15(2)19(11-14)22-13-18(21)12-20-16(3)17-7-5-4-6-8-17/h4-11,16,18,20-21H,12-13H2,1-3H3/t16-,18-/m1/s1. The van der Waals surface area contributed by atoms with Gasteiger partial charge in [-0.1, -0.05) is 42.5 Å². The summed E-state index contributed by atoms with van der Waals surface area (Å²) >= 11 is 0. The van der Waals surface area contributed by atoms with Gasteiger partial charge in [-0.15, -0.1) is 0 Å². The number of nitrogens with one attached hydrogen (secondary N) is 1. The number of ether oxygens (including phenoxy) is 1. The molecule has 3 nitrogen and oxygen atoms in total. The van der Waals surface area contributed by atoms with Crippen LogP contribution in [0.5, 0.6) is 5.75 Å². The zero-order valence-electron chi connectivity index (χ0n) is 13.5. The minimum Gasteiger partial charge on any atom is -0.491 e. The van der Waals surface area contributed by atoms with E-state index in [0.29, 0.717) is 13.2 Å². The zero-order valence-corrected chi connectivity index (χ0v) is 13.5. The van der Waals surface area contributed by atoms with Gasteiger partial charge in [-0.25, -0.2) is 0 Å². The summed E-state index contributed by atoms with van der Waals surface area (Å²) in [5, 5.41) is 13.4. The van der Waals surface area contributed by atoms with Crippen molar-refractivity contribution in [3.05, 3.63) is 65.2 Å². The van der Waals surface area contributed by atoms with Crippen molar-refractivity contribution >= 4 is 0 Å². The predicted octanol–water partition coefficient (Wildman–Crippen LogP) is 3.39. The Bertz CT molecular complexity index is 583. The topological polar surface area (TPSA) is 41.5 Å². The number of hydrogen-bond acceptors (Lipinski definition) is 3. The molecule has 0 fully saturated rings. The Morgan fingerprint density at radius 3 is 2.55 bits per heavy atom. The minimum atomic E-state index is -0.536. The Morgan fingerprint density at radius 2 is 1.82 bits per heavy atom. The van der Waals surface area contributed by atoms with Gasteiger partial charge in [0, 0.05) is 12.6 Å². The molecule has 2 rings (SSSR count). The Hall–Kier alpha value is -1.84. The SMILES string of the molecule is Cc1ccc(C)c(OC[C@H](O)CN[C@H](C)c2ccccc2)c1. The average molecular weight is 299 g/mol. The van der Waals surface area contributed by atoms with Crippen LogP contribution in [0.2, 0.25) is 0 Å². The fraction of sp³-hybridized carbons (Fsp3) is 0.368. The quantitative estimate of drug-likeness (QED) is 0.823. The molecule has 22 heavy (non-hydrogen) atoms. The fourth-order valence-electron chi connectivity index (χ4n) is 2.28. The molecule has 2 N–H and O–H groups in total. The lowest BCUT2D eigenvalue weighted by Gasteiger charge is -2.18. The van der Waals surface area contributed by atoms with Crippen molar-refractivity contribution in [1.82, 2.24) is 5.32 Å². The van der Waals surface area contributed by atoms with Crippen molar-refractivity contribution in [2.75, 3.05) is 13.2 Å². The molecule has 0 aliphatic carbocycles. The number of aliphatic hydroxyl groups is 1. The van der Waals surface area contributed by atoms with E-state index in [1.165, 1.54) is 5.56 Å². The lowest BCUT2D eigenvalue weighted by molar-refractivity contribution is 0.104. The van der Waals surface area contributed by atoms with Gasteiger partial charge in [-0.05, 0) is 43.5 Å². The summed E-state index contributed by atoms with van der Waals surface area (Å²) < 4.78 is 5.73. The number of aliphatic hydroxyl groups excluding tert-OH is 1. The zero-order chi connectivity index (χ0) is 15.9. The summed E-state index contributed by atoms with van der Waals surface area (Å²) in [7, 11) is 0. The summed E-state index contributed by atoms with van der Waals surface area (Å²) in [6.07, 6.45) is -0.536. The molecule has 0 aromatic heterocycles. The van der Waals surface area contributed by atoms with Gasteiger partial charge in [-0.2, -0.15) is 0 Å². The predicted molar refractivity (Wildman–Crippen MR) is 90.3 cm³/mol. The van der Waals surface area contributed by atoms with Gasteiger partial charge in [0.25, 0.3) is 0 Å². The molecule has 0 saturated heterocycles. The number of rotatable bonds is 7. The normalized spacial score (nSPS) is 13.6. The van der Waals surface area contributed by atoms with Crippen molar-refractivity contribution in [3.8, 4) is 5.75 Å². The highest BCUT2D eigenvalue weighted by Crippen LogP contribution is 2.19. The molecule has 2 atom stereocenters. The van der Waals surface area contributed by atoms with Crippen LogP contribution in [0.15, 0.2) is 48.5 Å². The highest BCUT2D eigenvalue weighted by Gasteiger charge is 2.10. The maximum Gasteiger partial charge on any atom is 0.122 e. The molecule has 0 amide bonds. The van der Waals surface area contributed by atoms with E-state index >= 15 is 0 Å². The first-order chi connectivity index (χ1) is 10.6. The van der Waals surface area contributed by atoms with Gasteiger partial charge in [0.2, 0.25) is 0 Å².